The highest BCUT2D eigenvalue weighted by Gasteiger charge is 2.41. The minimum absolute atomic E-state index is 0.0125. The van der Waals surface area contributed by atoms with Crippen LogP contribution in [-0.2, 0) is 0 Å². The average molecular weight is 363 g/mol. The normalized spacial score (nSPS) is 15.2. The maximum absolute atomic E-state index is 10.5. The second-order valence-corrected chi connectivity index (χ2v) is 14.4. The zero-order valence-electron chi connectivity index (χ0n) is 18.4. The van der Waals surface area contributed by atoms with E-state index < -0.39 is 14.2 Å². The molecule has 0 aliphatic rings. The van der Waals surface area contributed by atoms with Crippen LogP contribution >= 0.6 is 0 Å². The number of aliphatic hydroxyl groups excluding tert-OH is 1. The van der Waals surface area contributed by atoms with Gasteiger partial charge in [-0.1, -0.05) is 64.8 Å². The molecule has 0 aromatic heterocycles. The van der Waals surface area contributed by atoms with Crippen molar-refractivity contribution in [1.29, 1.82) is 0 Å². The molecule has 0 aliphatic carbocycles. The quantitative estimate of drug-likeness (QED) is 0.283. The van der Waals surface area contributed by atoms with Crippen LogP contribution in [-0.4, -0.2) is 19.3 Å². The van der Waals surface area contributed by atoms with Gasteiger partial charge in [0.2, 0.25) is 0 Å². The average Bonchev–Trinajstić information content (AvgIpc) is 2.45. The van der Waals surface area contributed by atoms with E-state index in [0.717, 1.165) is 12.8 Å². The van der Waals surface area contributed by atoms with Gasteiger partial charge >= 0.3 is 0 Å². The highest BCUT2D eigenvalue weighted by Crippen LogP contribution is 2.40. The molecule has 144 valence electrons. The monoisotopic (exact) mass is 362 g/mol. The highest BCUT2D eigenvalue weighted by molar-refractivity contribution is 6.90. The Labute approximate surface area is 159 Å². The molecule has 0 radical (unpaired) electrons. The molecule has 2 atom stereocenters. The largest absolute Gasteiger partial charge is 0.388 e. The van der Waals surface area contributed by atoms with Crippen molar-refractivity contribution < 1.29 is 5.11 Å². The molecule has 1 N–H and O–H groups in total. The molecule has 0 unspecified atom stereocenters. The smallest absolute Gasteiger partial charge is 0.145 e. The van der Waals surface area contributed by atoms with Crippen molar-refractivity contribution in [3.05, 3.63) is 23.3 Å². The lowest BCUT2D eigenvalue weighted by atomic mass is 10.0. The molecule has 2 heteroatoms. The summed E-state index contributed by atoms with van der Waals surface area (Å²) in [5, 5.41) is 10.5. The van der Waals surface area contributed by atoms with E-state index in [2.05, 4.69) is 86.8 Å². The molecule has 25 heavy (non-hydrogen) atoms. The molecule has 1 nitrogen and oxygen atoms in total. The first-order chi connectivity index (χ1) is 11.4. The summed E-state index contributed by atoms with van der Waals surface area (Å²) in [7, 11) is -1.71. The number of hydrogen-bond acceptors (Lipinski definition) is 1. The zero-order valence-corrected chi connectivity index (χ0v) is 19.4. The van der Waals surface area contributed by atoms with Gasteiger partial charge in [0.15, 0.2) is 0 Å². The van der Waals surface area contributed by atoms with Gasteiger partial charge in [0.25, 0.3) is 0 Å². The van der Waals surface area contributed by atoms with Gasteiger partial charge in [-0.3, -0.25) is 0 Å². The fourth-order valence-electron chi connectivity index (χ4n) is 3.86. The third kappa shape index (κ3) is 7.55. The van der Waals surface area contributed by atoms with Crippen molar-refractivity contribution in [2.24, 2.45) is 5.92 Å². The van der Waals surface area contributed by atoms with Gasteiger partial charge in [-0.05, 0) is 57.2 Å². The Morgan fingerprint density at radius 1 is 0.920 bits per heavy atom. The van der Waals surface area contributed by atoms with Crippen molar-refractivity contribution in [3.63, 3.8) is 0 Å². The zero-order chi connectivity index (χ0) is 19.8. The minimum Gasteiger partial charge on any atom is -0.388 e. The molecule has 0 aromatic carbocycles. The summed E-state index contributed by atoms with van der Waals surface area (Å²) >= 11 is 0. The van der Waals surface area contributed by atoms with Crippen molar-refractivity contribution in [2.45, 2.75) is 105 Å². The van der Waals surface area contributed by atoms with Gasteiger partial charge in [-0.2, -0.15) is 0 Å². The molecule has 0 fully saturated rings. The lowest BCUT2D eigenvalue weighted by molar-refractivity contribution is 0.188. The molecule has 0 rings (SSSR count). The SMILES string of the molecule is CC(C)=CCC/C(C)=C/[C@H](O)[C@H](C)C#C[Si](C(C)C)(C(C)C)C(C)C. The lowest BCUT2D eigenvalue weighted by Crippen LogP contribution is -2.43. The molecule has 0 spiro atoms. The minimum atomic E-state index is -1.71. The number of allylic oxidation sites excluding steroid dienone is 3. The first kappa shape index (κ1) is 24.2. The Morgan fingerprint density at radius 3 is 1.80 bits per heavy atom. The Balaban J connectivity index is 5.22. The molecule has 0 heterocycles. The summed E-state index contributed by atoms with van der Waals surface area (Å²) in [4.78, 5) is 0. The van der Waals surface area contributed by atoms with Crippen molar-refractivity contribution in [2.75, 3.05) is 0 Å². The fourth-order valence-corrected chi connectivity index (χ4v) is 9.21. The maximum Gasteiger partial charge on any atom is 0.145 e. The van der Waals surface area contributed by atoms with E-state index in [1.807, 2.05) is 6.08 Å². The topological polar surface area (TPSA) is 20.2 Å². The maximum atomic E-state index is 10.5. The third-order valence-corrected chi connectivity index (χ3v) is 11.8. The van der Waals surface area contributed by atoms with Crippen molar-refractivity contribution in [1.82, 2.24) is 0 Å². The van der Waals surface area contributed by atoms with E-state index in [0.29, 0.717) is 16.6 Å². The van der Waals surface area contributed by atoms with Gasteiger partial charge in [0.05, 0.1) is 6.10 Å². The molecular formula is C23H42OSi. The molecular weight excluding hydrogens is 320 g/mol. The summed E-state index contributed by atoms with van der Waals surface area (Å²) in [6, 6.07) is 0. The van der Waals surface area contributed by atoms with Crippen LogP contribution in [0.15, 0.2) is 23.3 Å². The summed E-state index contributed by atoms with van der Waals surface area (Å²) < 4.78 is 0. The Bertz CT molecular complexity index is 488. The van der Waals surface area contributed by atoms with Crippen LogP contribution in [0.5, 0.6) is 0 Å². The van der Waals surface area contributed by atoms with Crippen LogP contribution in [0.3, 0.4) is 0 Å². The van der Waals surface area contributed by atoms with Crippen LogP contribution in [0.2, 0.25) is 16.6 Å². The predicted molar refractivity (Wildman–Crippen MR) is 116 cm³/mol. The second kappa shape index (κ2) is 11.0. The Morgan fingerprint density at radius 2 is 1.40 bits per heavy atom. The van der Waals surface area contributed by atoms with Gasteiger partial charge in [0, 0.05) is 5.92 Å². The summed E-state index contributed by atoms with van der Waals surface area (Å²) in [5.41, 5.74) is 8.23. The summed E-state index contributed by atoms with van der Waals surface area (Å²) in [6.07, 6.45) is 5.83. The lowest BCUT2D eigenvalue weighted by Gasteiger charge is -2.38. The van der Waals surface area contributed by atoms with E-state index in [1.165, 1.54) is 11.1 Å². The predicted octanol–water partition coefficient (Wildman–Crippen LogP) is 6.90. The fraction of sp³-hybridized carbons (Fsp3) is 0.739. The van der Waals surface area contributed by atoms with Crippen LogP contribution in [0, 0.1) is 17.4 Å². The third-order valence-electron chi connectivity index (χ3n) is 5.44. The van der Waals surface area contributed by atoms with Crippen molar-refractivity contribution in [3.8, 4) is 11.5 Å². The molecule has 0 bridgehead atoms. The highest BCUT2D eigenvalue weighted by atomic mass is 28.3. The van der Waals surface area contributed by atoms with E-state index >= 15 is 0 Å². The second-order valence-electron chi connectivity index (χ2n) is 8.78. The van der Waals surface area contributed by atoms with Gasteiger partial charge in [-0.15, -0.1) is 11.5 Å². The summed E-state index contributed by atoms with van der Waals surface area (Å²) in [6.45, 7) is 22.4. The Hall–Kier alpha value is -0.783. The van der Waals surface area contributed by atoms with E-state index in [1.54, 1.807) is 0 Å². The molecule has 0 saturated heterocycles. The van der Waals surface area contributed by atoms with Gasteiger partial charge in [-0.25, -0.2) is 0 Å². The standard InChI is InChI=1S/C23H42OSi/c1-17(2)12-11-13-21(9)16-23(24)22(10)14-15-25(18(3)4,19(5)6)20(7)8/h12,16,18-20,22-24H,11,13H2,1-10H3/b21-16+/t22-,23+/m1/s1. The van der Waals surface area contributed by atoms with E-state index in [-0.39, 0.29) is 5.92 Å². The Kier molecular flexibility index (Phi) is 10.7. The van der Waals surface area contributed by atoms with Gasteiger partial charge in [0.1, 0.15) is 8.07 Å². The van der Waals surface area contributed by atoms with E-state index in [4.69, 9.17) is 0 Å². The molecule has 0 aromatic rings. The van der Waals surface area contributed by atoms with Crippen LogP contribution < -0.4 is 0 Å². The molecule has 0 amide bonds. The van der Waals surface area contributed by atoms with E-state index in [9.17, 15) is 5.11 Å². The number of hydrogen-bond donors (Lipinski definition) is 1. The first-order valence-electron chi connectivity index (χ1n) is 9.96. The number of aliphatic hydroxyl groups is 1. The number of rotatable bonds is 8. The molecule has 0 saturated carbocycles. The molecule has 0 aliphatic heterocycles. The van der Waals surface area contributed by atoms with Crippen LogP contribution in [0.1, 0.15) is 82.1 Å². The van der Waals surface area contributed by atoms with Crippen molar-refractivity contribution >= 4 is 8.07 Å². The van der Waals surface area contributed by atoms with Crippen LogP contribution in [0.25, 0.3) is 0 Å². The van der Waals surface area contributed by atoms with Gasteiger partial charge < -0.3 is 5.11 Å². The first-order valence-corrected chi connectivity index (χ1v) is 12.2. The van der Waals surface area contributed by atoms with Crippen LogP contribution in [0.4, 0.5) is 0 Å². The summed E-state index contributed by atoms with van der Waals surface area (Å²) in [5.74, 6) is 3.44.